The van der Waals surface area contributed by atoms with E-state index in [0.29, 0.717) is 10.8 Å². The van der Waals surface area contributed by atoms with Gasteiger partial charge < -0.3 is 10.6 Å². The Balaban J connectivity index is 1.61. The summed E-state index contributed by atoms with van der Waals surface area (Å²) in [4.78, 5) is 0. The highest BCUT2D eigenvalue weighted by atomic mass is 14.9. The molecule has 0 aliphatic heterocycles. The van der Waals surface area contributed by atoms with Crippen LogP contribution in [-0.2, 0) is 10.8 Å². The fourth-order valence-corrected chi connectivity index (χ4v) is 5.84. The van der Waals surface area contributed by atoms with E-state index in [2.05, 4.69) is 153 Å². The minimum atomic E-state index is 0.157. The number of hydrogen-bond acceptors (Lipinski definition) is 2. The topological polar surface area (TPSA) is 24.1 Å². The Bertz CT molecular complexity index is 1010. The third-order valence-electron chi connectivity index (χ3n) is 6.74. The summed E-state index contributed by atoms with van der Waals surface area (Å²) in [7, 11) is 0. The molecule has 0 saturated heterocycles. The zero-order valence-corrected chi connectivity index (χ0v) is 24.3. The van der Waals surface area contributed by atoms with Crippen molar-refractivity contribution < 1.29 is 0 Å². The smallest absolute Gasteiger partial charge is 0.0385 e. The predicted octanol–water partition coefficient (Wildman–Crippen LogP) is 10.6. The molecule has 36 heavy (non-hydrogen) atoms. The molecule has 0 saturated carbocycles. The normalized spacial score (nSPS) is 12.9. The third-order valence-corrected chi connectivity index (χ3v) is 6.74. The van der Waals surface area contributed by atoms with Gasteiger partial charge in [-0.3, -0.25) is 0 Å². The number of hydrogen-bond donors (Lipinski definition) is 2. The van der Waals surface area contributed by atoms with E-state index in [4.69, 9.17) is 0 Å². The second-order valence-corrected chi connectivity index (χ2v) is 14.2. The second-order valence-electron chi connectivity index (χ2n) is 14.2. The van der Waals surface area contributed by atoms with Gasteiger partial charge >= 0.3 is 0 Å². The van der Waals surface area contributed by atoms with E-state index in [1.54, 1.807) is 0 Å². The summed E-state index contributed by atoms with van der Waals surface area (Å²) in [6.07, 6.45) is 2.30. The molecule has 0 heterocycles. The van der Waals surface area contributed by atoms with Gasteiger partial charge in [-0.15, -0.1) is 0 Å². The van der Waals surface area contributed by atoms with Crippen LogP contribution in [0.2, 0.25) is 0 Å². The van der Waals surface area contributed by atoms with Crippen LogP contribution < -0.4 is 10.6 Å². The minimum Gasteiger partial charge on any atom is -0.356 e. The summed E-state index contributed by atoms with van der Waals surface area (Å²) in [5.41, 5.74) is 8.09. The van der Waals surface area contributed by atoms with E-state index in [9.17, 15) is 0 Å². The highest BCUT2D eigenvalue weighted by Gasteiger charge is 2.28. The molecule has 194 valence electrons. The van der Waals surface area contributed by atoms with Crippen LogP contribution in [0.5, 0.6) is 0 Å². The summed E-state index contributed by atoms with van der Waals surface area (Å²) < 4.78 is 0. The van der Waals surface area contributed by atoms with E-state index in [1.807, 2.05) is 0 Å². The molecule has 2 N–H and O–H groups in total. The highest BCUT2D eigenvalue weighted by Crippen LogP contribution is 2.38. The third kappa shape index (κ3) is 8.15. The SMILES string of the molecule is CC(C)(C)CC(C)(C)c1ccc(Nc2ccc(Nc3ccc(C(C)(C)CC(C)(C)C)cc3)cc2)cc1. The van der Waals surface area contributed by atoms with Crippen molar-refractivity contribution in [3.8, 4) is 0 Å². The Kier molecular flexibility index (Phi) is 7.98. The first-order chi connectivity index (χ1) is 16.5. The van der Waals surface area contributed by atoms with Crippen molar-refractivity contribution in [2.24, 2.45) is 10.8 Å². The monoisotopic (exact) mass is 484 g/mol. The van der Waals surface area contributed by atoms with Crippen molar-refractivity contribution >= 4 is 22.7 Å². The molecule has 0 radical (unpaired) electrons. The molecular formula is C34H48N2. The van der Waals surface area contributed by atoms with E-state index >= 15 is 0 Å². The predicted molar refractivity (Wildman–Crippen MR) is 160 cm³/mol. The zero-order chi connectivity index (χ0) is 26.8. The number of nitrogens with one attached hydrogen (secondary N) is 2. The van der Waals surface area contributed by atoms with Crippen LogP contribution in [0.15, 0.2) is 72.8 Å². The Morgan fingerprint density at radius 1 is 0.389 bits per heavy atom. The van der Waals surface area contributed by atoms with Crippen LogP contribution in [0.4, 0.5) is 22.7 Å². The van der Waals surface area contributed by atoms with Crippen molar-refractivity contribution in [3.05, 3.63) is 83.9 Å². The van der Waals surface area contributed by atoms with Crippen LogP contribution in [0.3, 0.4) is 0 Å². The van der Waals surface area contributed by atoms with E-state index < -0.39 is 0 Å². The van der Waals surface area contributed by atoms with E-state index in [1.165, 1.54) is 11.1 Å². The Labute approximate surface area is 220 Å². The first kappa shape index (κ1) is 27.8. The summed E-state index contributed by atoms with van der Waals surface area (Å²) in [6, 6.07) is 26.3. The number of benzene rings is 3. The molecule has 0 amide bonds. The molecule has 0 spiro atoms. The summed E-state index contributed by atoms with van der Waals surface area (Å²) >= 11 is 0. The summed E-state index contributed by atoms with van der Waals surface area (Å²) in [6.45, 7) is 23.2. The number of rotatable bonds is 8. The fourth-order valence-electron chi connectivity index (χ4n) is 5.84. The van der Waals surface area contributed by atoms with Crippen LogP contribution in [0.1, 0.15) is 93.2 Å². The van der Waals surface area contributed by atoms with Crippen LogP contribution >= 0.6 is 0 Å². The van der Waals surface area contributed by atoms with Gasteiger partial charge in [0.05, 0.1) is 0 Å². The molecule has 3 aromatic rings. The van der Waals surface area contributed by atoms with Gasteiger partial charge in [0.25, 0.3) is 0 Å². The average molecular weight is 485 g/mol. The van der Waals surface area contributed by atoms with Gasteiger partial charge in [0.1, 0.15) is 0 Å². The van der Waals surface area contributed by atoms with Gasteiger partial charge in [0.15, 0.2) is 0 Å². The molecule has 0 aliphatic rings. The lowest BCUT2D eigenvalue weighted by Gasteiger charge is -2.33. The minimum absolute atomic E-state index is 0.157. The summed E-state index contributed by atoms with van der Waals surface area (Å²) in [5.74, 6) is 0. The van der Waals surface area contributed by atoms with E-state index in [-0.39, 0.29) is 10.8 Å². The Morgan fingerprint density at radius 3 is 0.833 bits per heavy atom. The lowest BCUT2D eigenvalue weighted by atomic mass is 9.72. The standard InChI is InChI=1S/C34H48N2/c1-31(2,3)23-33(7,8)25-11-15-27(16-12-25)35-29-19-21-30(22-20-29)36-28-17-13-26(14-18-28)34(9,10)24-32(4,5)6/h11-22,35-36H,23-24H2,1-10H3. The lowest BCUT2D eigenvalue weighted by molar-refractivity contribution is 0.283. The zero-order valence-electron chi connectivity index (χ0n) is 24.3. The van der Waals surface area contributed by atoms with Gasteiger partial charge in [-0.2, -0.15) is 0 Å². The van der Waals surface area contributed by atoms with Crippen LogP contribution in [0, 0.1) is 10.8 Å². The molecule has 0 bridgehead atoms. The van der Waals surface area contributed by atoms with Gasteiger partial charge in [0.2, 0.25) is 0 Å². The largest absolute Gasteiger partial charge is 0.356 e. The van der Waals surface area contributed by atoms with Crippen molar-refractivity contribution in [2.75, 3.05) is 10.6 Å². The molecule has 0 aliphatic carbocycles. The fraction of sp³-hybridized carbons (Fsp3) is 0.471. The maximum atomic E-state index is 3.54. The Morgan fingerprint density at radius 2 is 0.611 bits per heavy atom. The molecule has 2 nitrogen and oxygen atoms in total. The van der Waals surface area contributed by atoms with Crippen molar-refractivity contribution in [3.63, 3.8) is 0 Å². The van der Waals surface area contributed by atoms with Gasteiger partial charge in [-0.05, 0) is 94.2 Å². The maximum absolute atomic E-state index is 3.54. The quantitative estimate of drug-likeness (QED) is 0.332. The van der Waals surface area contributed by atoms with Crippen molar-refractivity contribution in [2.45, 2.75) is 92.9 Å². The maximum Gasteiger partial charge on any atom is 0.0385 e. The van der Waals surface area contributed by atoms with Gasteiger partial charge in [-0.1, -0.05) is 93.5 Å². The van der Waals surface area contributed by atoms with Crippen molar-refractivity contribution in [1.29, 1.82) is 0 Å². The highest BCUT2D eigenvalue weighted by molar-refractivity contribution is 5.66. The first-order valence-electron chi connectivity index (χ1n) is 13.4. The Hall–Kier alpha value is -2.74. The molecule has 2 heteroatoms. The van der Waals surface area contributed by atoms with Gasteiger partial charge in [-0.25, -0.2) is 0 Å². The molecular weight excluding hydrogens is 436 g/mol. The molecule has 0 atom stereocenters. The molecule has 3 rings (SSSR count). The van der Waals surface area contributed by atoms with Gasteiger partial charge in [0, 0.05) is 22.7 Å². The lowest BCUT2D eigenvalue weighted by Crippen LogP contribution is -2.24. The second kappa shape index (κ2) is 10.3. The molecule has 0 aromatic heterocycles. The van der Waals surface area contributed by atoms with E-state index in [0.717, 1.165) is 35.6 Å². The molecule has 0 fully saturated rings. The molecule has 0 unspecified atom stereocenters. The van der Waals surface area contributed by atoms with Crippen LogP contribution in [-0.4, -0.2) is 0 Å². The average Bonchev–Trinajstić information content (AvgIpc) is 2.73. The van der Waals surface area contributed by atoms with Crippen LogP contribution in [0.25, 0.3) is 0 Å². The first-order valence-corrected chi connectivity index (χ1v) is 13.4. The summed E-state index contributed by atoms with van der Waals surface area (Å²) in [5, 5.41) is 7.07. The number of anilines is 4. The van der Waals surface area contributed by atoms with Crippen molar-refractivity contribution in [1.82, 2.24) is 0 Å². The molecule has 3 aromatic carbocycles.